The van der Waals surface area contributed by atoms with Crippen LogP contribution in [-0.4, -0.2) is 23.1 Å². The average molecular weight is 802 g/mol. The van der Waals surface area contributed by atoms with E-state index in [1.165, 1.54) is 16.3 Å². The first-order valence-electron chi connectivity index (χ1n) is 9.15. The molecule has 0 amide bonds. The van der Waals surface area contributed by atoms with Gasteiger partial charge in [-0.25, -0.2) is 19.9 Å². The molecule has 5 aromatic rings. The fraction of sp³-hybridized carbons (Fsp3) is 0.0909. The van der Waals surface area contributed by atoms with Gasteiger partial charge in [0, 0.05) is 43.9 Å². The van der Waals surface area contributed by atoms with Crippen LogP contribution in [0.4, 0.5) is 0 Å². The molecule has 0 fully saturated rings. The Balaban J connectivity index is 0.000000238. The Morgan fingerprint density at radius 3 is 2.08 bits per heavy atom. The van der Waals surface area contributed by atoms with Crippen LogP contribution < -0.4 is 0 Å². The van der Waals surface area contributed by atoms with Crippen molar-refractivity contribution in [2.24, 2.45) is 0 Å². The van der Waals surface area contributed by atoms with Crippen molar-refractivity contribution in [1.29, 1.82) is 0 Å². The van der Waals surface area contributed by atoms with Gasteiger partial charge in [0.05, 0.1) is 0 Å². The number of aromatic nitrogens is 4. The molecule has 3 aromatic heterocycles. The molecule has 194 valence electrons. The van der Waals surface area contributed by atoms with Gasteiger partial charge >= 0.3 is 33.1 Å². The molecule has 0 N–H and O–H groups in total. The van der Waals surface area contributed by atoms with E-state index in [2.05, 4.69) is 44.8 Å². The SMILES string of the molecule is C.Clc1ncc(-c2ccccc2SC(Cl)(Cl)Cl)c(Cl)n1.Clc1ncc2c(n1)sc1ccccc12.[Cu][I]. The predicted octanol–water partition coefficient (Wildman–Crippen LogP) is 10.9. The summed E-state index contributed by atoms with van der Waals surface area (Å²) in [5, 5.41) is 2.92. The number of halogens is 7. The van der Waals surface area contributed by atoms with Gasteiger partial charge in [-0.05, 0) is 35.3 Å². The van der Waals surface area contributed by atoms with E-state index in [9.17, 15) is 0 Å². The second-order valence-electron chi connectivity index (χ2n) is 6.34. The van der Waals surface area contributed by atoms with E-state index >= 15 is 0 Å². The van der Waals surface area contributed by atoms with Gasteiger partial charge in [-0.3, -0.25) is 0 Å². The zero-order valence-corrected chi connectivity index (χ0v) is 26.1. The predicted molar refractivity (Wildman–Crippen MR) is 164 cm³/mol. The van der Waals surface area contributed by atoms with Gasteiger partial charge in [0.1, 0.15) is 9.98 Å². The summed E-state index contributed by atoms with van der Waals surface area (Å²) < 4.78 is -0.241. The van der Waals surface area contributed by atoms with E-state index in [0.717, 1.165) is 32.4 Å². The summed E-state index contributed by atoms with van der Waals surface area (Å²) in [6.45, 7) is 0. The number of fused-ring (bicyclic) bond motifs is 3. The summed E-state index contributed by atoms with van der Waals surface area (Å²) in [5.74, 6) is 0. The van der Waals surface area contributed by atoms with Gasteiger partial charge in [0.2, 0.25) is 13.7 Å². The fourth-order valence-corrected chi connectivity index (χ4v) is 5.99. The van der Waals surface area contributed by atoms with Crippen molar-refractivity contribution in [3.63, 3.8) is 0 Å². The average Bonchev–Trinajstić information content (AvgIpc) is 3.18. The number of hydrogen-bond donors (Lipinski definition) is 0. The molecule has 0 spiro atoms. The zero-order chi connectivity index (χ0) is 25.6. The van der Waals surface area contributed by atoms with Crippen LogP contribution in [0.3, 0.4) is 0 Å². The maximum absolute atomic E-state index is 6.06. The van der Waals surface area contributed by atoms with E-state index in [-0.39, 0.29) is 17.9 Å². The van der Waals surface area contributed by atoms with E-state index in [0.29, 0.717) is 10.8 Å². The van der Waals surface area contributed by atoms with E-state index in [1.54, 1.807) is 37.9 Å². The molecule has 0 saturated carbocycles. The van der Waals surface area contributed by atoms with Crippen molar-refractivity contribution in [3.05, 3.63) is 76.6 Å². The van der Waals surface area contributed by atoms with E-state index in [4.69, 9.17) is 69.6 Å². The number of rotatable bonds is 2. The summed E-state index contributed by atoms with van der Waals surface area (Å²) in [4.78, 5) is 17.7. The third-order valence-corrected chi connectivity index (χ3v) is 7.46. The molecule has 0 atom stereocenters. The second-order valence-corrected chi connectivity index (χ2v) is 12.6. The molecular formula is C22H14Cl6CuIN4S2. The van der Waals surface area contributed by atoms with Crippen molar-refractivity contribution >= 4 is 133 Å². The topological polar surface area (TPSA) is 51.6 Å². The molecule has 5 rings (SSSR count). The van der Waals surface area contributed by atoms with Gasteiger partial charge in [-0.1, -0.05) is 102 Å². The van der Waals surface area contributed by atoms with Crippen LogP contribution in [0.25, 0.3) is 31.4 Å². The van der Waals surface area contributed by atoms with Crippen molar-refractivity contribution in [2.45, 2.75) is 15.4 Å². The summed E-state index contributed by atoms with van der Waals surface area (Å²) >= 11 is 43.5. The Morgan fingerprint density at radius 2 is 1.39 bits per heavy atom. The molecule has 4 nitrogen and oxygen atoms in total. The standard InChI is InChI=1S/C11H5Cl5N2S.C10H5ClN2S.CH4.Cu.HI/c12-9-7(5-17-10(13)18-9)6-3-1-2-4-8(6)19-11(14,15)16;11-10-12-5-7-6-3-1-2-4-8(6)14-9(7)13-10;;;/h1-5H;1-5H;1H4;;1H/q;;;+1;/p-1. The summed E-state index contributed by atoms with van der Waals surface area (Å²) in [6.07, 6.45) is 3.32. The quantitative estimate of drug-likeness (QED) is 0.0444. The molecule has 3 heterocycles. The molecule has 0 aliphatic heterocycles. The number of thiophene rings is 1. The van der Waals surface area contributed by atoms with Crippen LogP contribution in [0.2, 0.25) is 15.7 Å². The maximum atomic E-state index is 6.06. The van der Waals surface area contributed by atoms with Crippen LogP contribution in [0.15, 0.2) is 65.8 Å². The Labute approximate surface area is 266 Å². The third kappa shape index (κ3) is 8.85. The number of alkyl halides is 3. The van der Waals surface area contributed by atoms with Crippen molar-refractivity contribution in [3.8, 4) is 11.1 Å². The van der Waals surface area contributed by atoms with E-state index in [1.807, 2.05) is 36.4 Å². The number of benzene rings is 2. The van der Waals surface area contributed by atoms with Gasteiger partial charge in [0.15, 0.2) is 0 Å². The molecule has 0 aliphatic carbocycles. The van der Waals surface area contributed by atoms with Crippen LogP contribution in [0.5, 0.6) is 0 Å². The van der Waals surface area contributed by atoms with Crippen LogP contribution >= 0.6 is 113 Å². The molecule has 0 bridgehead atoms. The van der Waals surface area contributed by atoms with E-state index < -0.39 is 3.12 Å². The second kappa shape index (κ2) is 15.1. The van der Waals surface area contributed by atoms with Gasteiger partial charge in [-0.2, -0.15) is 0 Å². The molecule has 2 aromatic carbocycles. The molecule has 14 heteroatoms. The number of thioether (sulfide) groups is 1. The number of hydrogen-bond acceptors (Lipinski definition) is 6. The van der Waals surface area contributed by atoms with Gasteiger partial charge < -0.3 is 0 Å². The van der Waals surface area contributed by atoms with Gasteiger partial charge in [0.25, 0.3) is 0 Å². The fourth-order valence-electron chi connectivity index (χ4n) is 2.92. The normalized spacial score (nSPS) is 10.7. The van der Waals surface area contributed by atoms with Crippen LogP contribution in [0.1, 0.15) is 7.43 Å². The number of nitrogens with zero attached hydrogens (tertiary/aromatic N) is 4. The molecule has 0 saturated heterocycles. The first kappa shape index (κ1) is 32.4. The Kier molecular flexibility index (Phi) is 13.6. The Bertz CT molecular complexity index is 1450. The first-order chi connectivity index (χ1) is 16.7. The summed E-state index contributed by atoms with van der Waals surface area (Å²) in [5.41, 5.74) is 1.41. The van der Waals surface area contributed by atoms with Gasteiger partial charge in [-0.15, -0.1) is 11.3 Å². The molecule has 0 unspecified atom stereocenters. The molecule has 0 radical (unpaired) electrons. The summed E-state index contributed by atoms with van der Waals surface area (Å²) in [7, 11) is 0. The summed E-state index contributed by atoms with van der Waals surface area (Å²) in [6, 6.07) is 15.6. The minimum absolute atomic E-state index is 0. The van der Waals surface area contributed by atoms with Crippen molar-refractivity contribution in [1.82, 2.24) is 19.9 Å². The Hall–Kier alpha value is 0.159. The minimum atomic E-state index is -1.46. The van der Waals surface area contributed by atoms with Crippen molar-refractivity contribution in [2.75, 3.05) is 0 Å². The zero-order valence-electron chi connectivity index (χ0n) is 16.8. The van der Waals surface area contributed by atoms with Crippen LogP contribution in [-0.2, 0) is 12.8 Å². The molecule has 0 aliphatic rings. The van der Waals surface area contributed by atoms with Crippen LogP contribution in [0, 0.1) is 0 Å². The van der Waals surface area contributed by atoms with Crippen molar-refractivity contribution < 1.29 is 12.8 Å². The first-order valence-corrected chi connectivity index (χ1v) is 16.1. The third-order valence-electron chi connectivity index (χ3n) is 4.22. The molecule has 36 heavy (non-hydrogen) atoms. The monoisotopic (exact) mass is 798 g/mol. The molecular weight excluding hydrogens is 788 g/mol. The Morgan fingerprint density at radius 1 is 0.778 bits per heavy atom.